The van der Waals surface area contributed by atoms with Gasteiger partial charge in [-0.1, -0.05) is 6.07 Å². The van der Waals surface area contributed by atoms with Crippen LogP contribution in [-0.4, -0.2) is 76.6 Å². The first kappa shape index (κ1) is 24.5. The SMILES string of the molecule is Cc1ncoc1C(=O)N1CC2(C1)C(COc1ccccn1)CCS2(=O)=O.O=C(O)C(F)(F)F. The van der Waals surface area contributed by atoms with Crippen LogP contribution in [0.4, 0.5) is 13.2 Å². The first-order chi connectivity index (χ1) is 15.4. The number of halogens is 3. The number of likely N-dealkylation sites (tertiary alicyclic amines) is 1. The summed E-state index contributed by atoms with van der Waals surface area (Å²) in [5.41, 5.74) is 0.500. The molecule has 1 unspecified atom stereocenters. The first-order valence-electron chi connectivity index (χ1n) is 9.63. The number of sulfone groups is 1. The molecule has 2 saturated heterocycles. The molecule has 2 aromatic heterocycles. The number of alkyl halides is 3. The number of oxazole rings is 1. The summed E-state index contributed by atoms with van der Waals surface area (Å²) in [4.78, 5) is 30.9. The van der Waals surface area contributed by atoms with Crippen LogP contribution in [-0.2, 0) is 14.6 Å². The average molecular weight is 491 g/mol. The van der Waals surface area contributed by atoms with Gasteiger partial charge < -0.3 is 19.2 Å². The van der Waals surface area contributed by atoms with Gasteiger partial charge in [0.2, 0.25) is 11.6 Å². The van der Waals surface area contributed by atoms with Crippen molar-refractivity contribution in [1.82, 2.24) is 14.9 Å². The lowest BCUT2D eigenvalue weighted by atomic mass is 9.83. The molecule has 1 amide bonds. The fourth-order valence-electron chi connectivity index (χ4n) is 3.72. The van der Waals surface area contributed by atoms with Crippen LogP contribution >= 0.6 is 0 Å². The zero-order chi connectivity index (χ0) is 24.4. The number of pyridine rings is 1. The molecule has 2 aliphatic heterocycles. The highest BCUT2D eigenvalue weighted by molar-refractivity contribution is 7.93. The van der Waals surface area contributed by atoms with Crippen molar-refractivity contribution in [3.63, 3.8) is 0 Å². The summed E-state index contributed by atoms with van der Waals surface area (Å²) in [5, 5.41) is 7.12. The van der Waals surface area contributed by atoms with Gasteiger partial charge in [0.1, 0.15) is 4.75 Å². The number of carboxylic acids is 1. The summed E-state index contributed by atoms with van der Waals surface area (Å²) in [5.74, 6) is -2.50. The van der Waals surface area contributed by atoms with Gasteiger partial charge in [0.05, 0.1) is 18.1 Å². The summed E-state index contributed by atoms with van der Waals surface area (Å²) in [6.07, 6.45) is -1.72. The number of amides is 1. The van der Waals surface area contributed by atoms with Gasteiger partial charge in [0.15, 0.2) is 16.2 Å². The lowest BCUT2D eigenvalue weighted by Crippen LogP contribution is -2.69. The second kappa shape index (κ2) is 9.00. The van der Waals surface area contributed by atoms with Crippen LogP contribution in [0.25, 0.3) is 0 Å². The van der Waals surface area contributed by atoms with Gasteiger partial charge in [-0.15, -0.1) is 0 Å². The summed E-state index contributed by atoms with van der Waals surface area (Å²) in [6, 6.07) is 5.33. The summed E-state index contributed by atoms with van der Waals surface area (Å²) < 4.78 is 67.0. The Morgan fingerprint density at radius 1 is 1.30 bits per heavy atom. The third kappa shape index (κ3) is 4.94. The number of carbonyl (C=O) groups excluding carboxylic acids is 1. The highest BCUT2D eigenvalue weighted by Gasteiger charge is 2.63. The van der Waals surface area contributed by atoms with E-state index in [1.54, 1.807) is 25.3 Å². The first-order valence-corrected chi connectivity index (χ1v) is 11.3. The van der Waals surface area contributed by atoms with Crippen molar-refractivity contribution in [2.75, 3.05) is 25.4 Å². The topological polar surface area (TPSA) is 140 Å². The van der Waals surface area contributed by atoms with Crippen LogP contribution in [0.15, 0.2) is 35.2 Å². The van der Waals surface area contributed by atoms with Crippen molar-refractivity contribution < 1.29 is 45.4 Å². The number of aliphatic carboxylic acids is 1. The van der Waals surface area contributed by atoms with Gasteiger partial charge in [-0.3, -0.25) is 4.79 Å². The molecule has 1 N–H and O–H groups in total. The normalized spacial score (nSPS) is 20.5. The number of nitrogens with zero attached hydrogens (tertiary/aromatic N) is 3. The van der Waals surface area contributed by atoms with E-state index in [1.807, 2.05) is 6.07 Å². The highest BCUT2D eigenvalue weighted by atomic mass is 32.2. The van der Waals surface area contributed by atoms with E-state index in [1.165, 1.54) is 11.3 Å². The predicted octanol–water partition coefficient (Wildman–Crippen LogP) is 1.72. The van der Waals surface area contributed by atoms with Gasteiger partial charge in [0, 0.05) is 31.3 Å². The van der Waals surface area contributed by atoms with Gasteiger partial charge in [-0.05, 0) is 19.4 Å². The summed E-state index contributed by atoms with van der Waals surface area (Å²) in [6.45, 7) is 2.26. The number of rotatable bonds is 4. The Balaban J connectivity index is 0.000000383. The summed E-state index contributed by atoms with van der Waals surface area (Å²) in [7, 11) is -3.29. The second-order valence-electron chi connectivity index (χ2n) is 7.58. The Bertz CT molecular complexity index is 1110. The molecular formula is C19H20F3N3O7S. The monoisotopic (exact) mass is 491 g/mol. The van der Waals surface area contributed by atoms with Gasteiger partial charge >= 0.3 is 12.1 Å². The number of hydrogen-bond acceptors (Lipinski definition) is 8. The molecule has 4 heterocycles. The van der Waals surface area contributed by atoms with Crippen molar-refractivity contribution in [3.8, 4) is 5.88 Å². The van der Waals surface area contributed by atoms with Gasteiger partial charge in [-0.25, -0.2) is 23.2 Å². The van der Waals surface area contributed by atoms with Crippen molar-refractivity contribution in [2.24, 2.45) is 5.92 Å². The van der Waals surface area contributed by atoms with Crippen molar-refractivity contribution in [3.05, 3.63) is 42.2 Å². The number of hydrogen-bond donors (Lipinski definition) is 1. The maximum absolute atomic E-state index is 12.7. The Labute approximate surface area is 186 Å². The molecule has 2 fully saturated rings. The molecule has 2 aliphatic rings. The van der Waals surface area contributed by atoms with Crippen molar-refractivity contribution in [2.45, 2.75) is 24.3 Å². The molecule has 0 radical (unpaired) electrons. The van der Waals surface area contributed by atoms with E-state index in [9.17, 15) is 26.4 Å². The molecule has 1 atom stereocenters. The largest absolute Gasteiger partial charge is 0.490 e. The molecule has 180 valence electrons. The predicted molar refractivity (Wildman–Crippen MR) is 105 cm³/mol. The minimum absolute atomic E-state index is 0.118. The Hall–Kier alpha value is -3.16. The minimum Gasteiger partial charge on any atom is -0.477 e. The molecule has 2 aromatic rings. The fraction of sp³-hybridized carbons (Fsp3) is 0.474. The van der Waals surface area contributed by atoms with Crippen LogP contribution in [0.2, 0.25) is 0 Å². The van der Waals surface area contributed by atoms with E-state index in [0.717, 1.165) is 0 Å². The molecule has 0 aliphatic carbocycles. The van der Waals surface area contributed by atoms with Gasteiger partial charge in [0.25, 0.3) is 5.91 Å². The zero-order valence-electron chi connectivity index (χ0n) is 17.3. The molecule has 33 heavy (non-hydrogen) atoms. The quantitative estimate of drug-likeness (QED) is 0.677. The van der Waals surface area contributed by atoms with Crippen LogP contribution in [0.1, 0.15) is 22.7 Å². The second-order valence-corrected chi connectivity index (χ2v) is 10.0. The lowest BCUT2D eigenvalue weighted by Gasteiger charge is -2.49. The summed E-state index contributed by atoms with van der Waals surface area (Å²) >= 11 is 0. The Morgan fingerprint density at radius 3 is 2.48 bits per heavy atom. The van der Waals surface area contributed by atoms with E-state index in [2.05, 4.69) is 9.97 Å². The minimum atomic E-state index is -5.08. The van der Waals surface area contributed by atoms with Crippen molar-refractivity contribution in [1.29, 1.82) is 0 Å². The van der Waals surface area contributed by atoms with E-state index in [-0.39, 0.29) is 43.0 Å². The molecule has 14 heteroatoms. The van der Waals surface area contributed by atoms with E-state index >= 15 is 0 Å². The van der Waals surface area contributed by atoms with E-state index in [4.69, 9.17) is 19.1 Å². The average Bonchev–Trinajstić information content (AvgIpc) is 3.25. The third-order valence-corrected chi connectivity index (χ3v) is 8.16. The number of carboxylic acid groups (broad SMARTS) is 1. The van der Waals surface area contributed by atoms with E-state index in [0.29, 0.717) is 18.0 Å². The van der Waals surface area contributed by atoms with Crippen LogP contribution in [0.3, 0.4) is 0 Å². The third-order valence-electron chi connectivity index (χ3n) is 5.56. The molecular weight excluding hydrogens is 471 g/mol. The molecule has 0 saturated carbocycles. The molecule has 0 aromatic carbocycles. The highest BCUT2D eigenvalue weighted by Crippen LogP contribution is 2.45. The van der Waals surface area contributed by atoms with Crippen LogP contribution < -0.4 is 4.74 Å². The molecule has 4 rings (SSSR count). The fourth-order valence-corrected chi connectivity index (χ4v) is 6.12. The molecule has 0 bridgehead atoms. The smallest absolute Gasteiger partial charge is 0.477 e. The number of carbonyl (C=O) groups is 2. The van der Waals surface area contributed by atoms with Crippen LogP contribution in [0.5, 0.6) is 5.88 Å². The van der Waals surface area contributed by atoms with Crippen LogP contribution in [0, 0.1) is 12.8 Å². The lowest BCUT2D eigenvalue weighted by molar-refractivity contribution is -0.192. The number of aromatic nitrogens is 2. The standard InChI is InChI=1S/C17H19N3O5S.C2HF3O2/c1-12-15(25-11-19-12)16(21)20-9-17(10-20)13(5-7-26(17,22)23)8-24-14-4-2-3-6-18-14;3-2(4,5)1(6)7/h2-4,6,11,13H,5,7-10H2,1H3;(H,6,7). The number of ether oxygens (including phenoxy) is 1. The Morgan fingerprint density at radius 2 is 1.97 bits per heavy atom. The maximum Gasteiger partial charge on any atom is 0.490 e. The Kier molecular flexibility index (Phi) is 6.68. The molecule has 1 spiro atoms. The van der Waals surface area contributed by atoms with Crippen molar-refractivity contribution >= 4 is 21.7 Å². The van der Waals surface area contributed by atoms with E-state index < -0.39 is 26.7 Å². The van der Waals surface area contributed by atoms with Gasteiger partial charge in [-0.2, -0.15) is 13.2 Å². The maximum atomic E-state index is 12.7. The number of aryl methyl sites for hydroxylation is 1. The molecule has 10 nitrogen and oxygen atoms in total. The zero-order valence-corrected chi connectivity index (χ0v) is 18.1.